The minimum absolute atomic E-state index is 0.0854. The van der Waals surface area contributed by atoms with Crippen LogP contribution in [-0.2, 0) is 4.74 Å². The number of amidine groups is 1. The van der Waals surface area contributed by atoms with Crippen LogP contribution in [0.2, 0.25) is 0 Å². The van der Waals surface area contributed by atoms with Crippen molar-refractivity contribution in [2.45, 2.75) is 13.8 Å². The van der Waals surface area contributed by atoms with Crippen LogP contribution in [0.4, 0.5) is 5.69 Å². The van der Waals surface area contributed by atoms with Gasteiger partial charge in [0.25, 0.3) is 0 Å². The smallest absolute Gasteiger partial charge is 0.172 e. The van der Waals surface area contributed by atoms with E-state index in [4.69, 9.17) is 15.7 Å². The van der Waals surface area contributed by atoms with E-state index < -0.39 is 0 Å². The lowest BCUT2D eigenvalue weighted by molar-refractivity contribution is 0.154. The Morgan fingerprint density at radius 1 is 1.56 bits per heavy atom. The number of pyridine rings is 1. The van der Waals surface area contributed by atoms with Gasteiger partial charge in [0, 0.05) is 31.5 Å². The van der Waals surface area contributed by atoms with E-state index in [9.17, 15) is 0 Å². The summed E-state index contributed by atoms with van der Waals surface area (Å²) >= 11 is 0. The molecule has 0 aliphatic rings. The number of aromatic nitrogens is 1. The lowest BCUT2D eigenvalue weighted by atomic mass is 10.2. The van der Waals surface area contributed by atoms with Crippen molar-refractivity contribution in [2.75, 3.05) is 31.2 Å². The molecular weight excluding hydrogens is 232 g/mol. The molecule has 1 aromatic rings. The highest BCUT2D eigenvalue weighted by Crippen LogP contribution is 2.18. The van der Waals surface area contributed by atoms with Crippen molar-refractivity contribution in [1.29, 1.82) is 0 Å². The van der Waals surface area contributed by atoms with Crippen molar-refractivity contribution in [3.8, 4) is 0 Å². The molecule has 3 N–H and O–H groups in total. The first-order valence-corrected chi connectivity index (χ1v) is 5.99. The Morgan fingerprint density at radius 2 is 2.33 bits per heavy atom. The van der Waals surface area contributed by atoms with Crippen LogP contribution in [0.3, 0.4) is 0 Å². The lowest BCUT2D eigenvalue weighted by Crippen LogP contribution is -2.30. The maximum absolute atomic E-state index is 8.78. The third-order valence-electron chi connectivity index (χ3n) is 2.62. The van der Waals surface area contributed by atoms with Crippen molar-refractivity contribution in [1.82, 2.24) is 4.98 Å². The lowest BCUT2D eigenvalue weighted by Gasteiger charge is -2.24. The molecule has 0 bridgehead atoms. The van der Waals surface area contributed by atoms with Gasteiger partial charge in [-0.2, -0.15) is 0 Å². The average molecular weight is 252 g/mol. The topological polar surface area (TPSA) is 84.0 Å². The Hall–Kier alpha value is -1.82. The van der Waals surface area contributed by atoms with Crippen molar-refractivity contribution in [3.05, 3.63) is 24.0 Å². The number of anilines is 1. The summed E-state index contributed by atoms with van der Waals surface area (Å²) in [4.78, 5) is 6.16. The number of likely N-dealkylation sites (N-methyl/N-ethyl adjacent to an activating group) is 1. The van der Waals surface area contributed by atoms with E-state index >= 15 is 0 Å². The molecule has 0 amide bonds. The second kappa shape index (κ2) is 7.50. The largest absolute Gasteiger partial charge is 0.409 e. The van der Waals surface area contributed by atoms with Crippen LogP contribution in [-0.4, -0.2) is 42.3 Å². The van der Waals surface area contributed by atoms with Gasteiger partial charge in [0.2, 0.25) is 0 Å². The molecular formula is C12H20N4O2. The van der Waals surface area contributed by atoms with E-state index in [0.717, 1.165) is 18.8 Å². The number of oxime groups is 1. The van der Waals surface area contributed by atoms with Gasteiger partial charge in [0.05, 0.1) is 18.5 Å². The highest BCUT2D eigenvalue weighted by molar-refractivity contribution is 6.01. The molecule has 1 rings (SSSR count). The van der Waals surface area contributed by atoms with Gasteiger partial charge in [-0.05, 0) is 19.9 Å². The van der Waals surface area contributed by atoms with Gasteiger partial charge < -0.3 is 20.6 Å². The fourth-order valence-corrected chi connectivity index (χ4v) is 1.68. The van der Waals surface area contributed by atoms with Crippen molar-refractivity contribution in [2.24, 2.45) is 10.9 Å². The summed E-state index contributed by atoms with van der Waals surface area (Å²) in [6.45, 7) is 6.86. The summed E-state index contributed by atoms with van der Waals surface area (Å²) < 4.78 is 5.34. The van der Waals surface area contributed by atoms with Crippen LogP contribution in [0.15, 0.2) is 23.6 Å². The van der Waals surface area contributed by atoms with E-state index in [-0.39, 0.29) is 5.84 Å². The van der Waals surface area contributed by atoms with Gasteiger partial charge in [-0.3, -0.25) is 4.98 Å². The van der Waals surface area contributed by atoms with E-state index in [2.05, 4.69) is 15.0 Å². The molecule has 1 heterocycles. The maximum Gasteiger partial charge on any atom is 0.172 e. The Morgan fingerprint density at radius 3 is 2.94 bits per heavy atom. The number of hydrogen-bond donors (Lipinski definition) is 2. The minimum atomic E-state index is 0.0854. The van der Waals surface area contributed by atoms with Crippen LogP contribution in [0, 0.1) is 0 Å². The standard InChI is InChI=1S/C12H20N4O2/c1-3-16(7-8-18-4-2)11-9-14-6-5-10(11)12(13)15-17/h5-6,9,17H,3-4,7-8H2,1-2H3,(H2,13,15). The van der Waals surface area contributed by atoms with Gasteiger partial charge in [-0.25, -0.2) is 0 Å². The first kappa shape index (κ1) is 14.2. The first-order valence-electron chi connectivity index (χ1n) is 5.99. The normalized spacial score (nSPS) is 11.6. The summed E-state index contributed by atoms with van der Waals surface area (Å²) in [5.74, 6) is 0.0854. The van der Waals surface area contributed by atoms with Gasteiger partial charge in [0.1, 0.15) is 0 Å². The predicted octanol–water partition coefficient (Wildman–Crippen LogP) is 1.04. The molecule has 0 saturated carbocycles. The second-order valence-corrected chi connectivity index (χ2v) is 3.65. The van der Waals surface area contributed by atoms with E-state index in [1.165, 1.54) is 0 Å². The summed E-state index contributed by atoms with van der Waals surface area (Å²) in [7, 11) is 0. The molecule has 0 aliphatic heterocycles. The minimum Gasteiger partial charge on any atom is -0.409 e. The Bertz CT molecular complexity index is 395. The van der Waals surface area contributed by atoms with Crippen LogP contribution in [0.5, 0.6) is 0 Å². The molecule has 0 unspecified atom stereocenters. The van der Waals surface area contributed by atoms with Crippen LogP contribution in [0.25, 0.3) is 0 Å². The van der Waals surface area contributed by atoms with E-state index in [1.54, 1.807) is 18.5 Å². The molecule has 6 heteroatoms. The van der Waals surface area contributed by atoms with Gasteiger partial charge >= 0.3 is 0 Å². The summed E-state index contributed by atoms with van der Waals surface area (Å²) in [5, 5.41) is 11.8. The molecule has 0 aliphatic carbocycles. The average Bonchev–Trinajstić information content (AvgIpc) is 2.43. The van der Waals surface area contributed by atoms with E-state index in [0.29, 0.717) is 18.8 Å². The molecule has 0 aromatic carbocycles. The molecule has 0 saturated heterocycles. The second-order valence-electron chi connectivity index (χ2n) is 3.65. The van der Waals surface area contributed by atoms with Crippen molar-refractivity contribution >= 4 is 11.5 Å². The zero-order chi connectivity index (χ0) is 13.4. The van der Waals surface area contributed by atoms with Crippen LogP contribution < -0.4 is 10.6 Å². The van der Waals surface area contributed by atoms with Gasteiger partial charge in [-0.1, -0.05) is 5.16 Å². The first-order chi connectivity index (χ1) is 8.74. The highest BCUT2D eigenvalue weighted by Gasteiger charge is 2.12. The Labute approximate surface area is 107 Å². The third kappa shape index (κ3) is 3.59. The fourth-order valence-electron chi connectivity index (χ4n) is 1.68. The van der Waals surface area contributed by atoms with Crippen molar-refractivity contribution < 1.29 is 9.94 Å². The number of nitrogens with zero attached hydrogens (tertiary/aromatic N) is 3. The fraction of sp³-hybridized carbons (Fsp3) is 0.500. The summed E-state index contributed by atoms with van der Waals surface area (Å²) in [6, 6.07) is 1.73. The van der Waals surface area contributed by atoms with Gasteiger partial charge in [-0.15, -0.1) is 0 Å². The Kier molecular flexibility index (Phi) is 5.93. The molecule has 0 atom stereocenters. The summed E-state index contributed by atoms with van der Waals surface area (Å²) in [5.41, 5.74) is 7.17. The van der Waals surface area contributed by atoms with E-state index in [1.807, 2.05) is 13.8 Å². The van der Waals surface area contributed by atoms with Crippen LogP contribution >= 0.6 is 0 Å². The number of ether oxygens (including phenoxy) is 1. The maximum atomic E-state index is 8.78. The molecule has 6 nitrogen and oxygen atoms in total. The van der Waals surface area contributed by atoms with Gasteiger partial charge in [0.15, 0.2) is 5.84 Å². The van der Waals surface area contributed by atoms with Crippen molar-refractivity contribution in [3.63, 3.8) is 0 Å². The molecule has 0 radical (unpaired) electrons. The number of rotatable bonds is 7. The summed E-state index contributed by atoms with van der Waals surface area (Å²) in [6.07, 6.45) is 3.33. The number of hydrogen-bond acceptors (Lipinski definition) is 5. The molecule has 1 aromatic heterocycles. The Balaban J connectivity index is 2.91. The zero-order valence-corrected chi connectivity index (χ0v) is 10.8. The SMILES string of the molecule is CCOCCN(CC)c1cnccc1/C(N)=N/O. The predicted molar refractivity (Wildman–Crippen MR) is 71.1 cm³/mol. The van der Waals surface area contributed by atoms with Crippen LogP contribution in [0.1, 0.15) is 19.4 Å². The quantitative estimate of drug-likeness (QED) is 0.249. The molecule has 0 fully saturated rings. The zero-order valence-electron chi connectivity index (χ0n) is 10.8. The number of nitrogens with two attached hydrogens (primary N) is 1. The monoisotopic (exact) mass is 252 g/mol. The molecule has 100 valence electrons. The third-order valence-corrected chi connectivity index (χ3v) is 2.62. The highest BCUT2D eigenvalue weighted by atomic mass is 16.5. The molecule has 0 spiro atoms. The molecule has 18 heavy (non-hydrogen) atoms.